The van der Waals surface area contributed by atoms with Gasteiger partial charge in [0, 0.05) is 45.5 Å². The number of aromatic nitrogens is 2. The third-order valence-electron chi connectivity index (χ3n) is 3.90. The summed E-state index contributed by atoms with van der Waals surface area (Å²) in [6, 6.07) is 2.45. The van der Waals surface area contributed by atoms with Gasteiger partial charge in [0.25, 0.3) is 0 Å². The molecule has 1 aromatic rings. The van der Waals surface area contributed by atoms with Crippen molar-refractivity contribution >= 4 is 29.9 Å². The second kappa shape index (κ2) is 10.8. The number of hydrogen-bond acceptors (Lipinski definition) is 4. The topological polar surface area (TPSA) is 66.7 Å². The highest BCUT2D eigenvalue weighted by Gasteiger charge is 2.16. The molecule has 2 heterocycles. The van der Waals surface area contributed by atoms with Gasteiger partial charge in [-0.3, -0.25) is 9.58 Å². The van der Waals surface area contributed by atoms with Gasteiger partial charge in [-0.1, -0.05) is 0 Å². The maximum Gasteiger partial charge on any atom is 0.191 e. The van der Waals surface area contributed by atoms with Gasteiger partial charge in [0.1, 0.15) is 0 Å². The molecule has 0 aliphatic carbocycles. The number of ether oxygens (including phenoxy) is 1. The van der Waals surface area contributed by atoms with E-state index in [0.717, 1.165) is 51.0 Å². The highest BCUT2D eigenvalue weighted by atomic mass is 127. The van der Waals surface area contributed by atoms with Crippen molar-refractivity contribution in [3.63, 3.8) is 0 Å². The second-order valence-electron chi connectivity index (χ2n) is 5.52. The Kier molecular flexibility index (Phi) is 9.49. The predicted molar refractivity (Wildman–Crippen MR) is 103 cm³/mol. The zero-order chi connectivity index (χ0) is 15.8. The Balaban J connectivity index is 0.00000264. The van der Waals surface area contributed by atoms with E-state index >= 15 is 0 Å². The van der Waals surface area contributed by atoms with Gasteiger partial charge in [0.15, 0.2) is 5.96 Å². The molecule has 1 aliphatic heterocycles. The lowest BCUT2D eigenvalue weighted by atomic mass is 10.2. The van der Waals surface area contributed by atoms with Crippen LogP contribution in [0.15, 0.2) is 17.3 Å². The van der Waals surface area contributed by atoms with Gasteiger partial charge in [-0.2, -0.15) is 5.10 Å². The number of guanidine groups is 1. The highest BCUT2D eigenvalue weighted by molar-refractivity contribution is 14.0. The van der Waals surface area contributed by atoms with E-state index < -0.39 is 0 Å². The van der Waals surface area contributed by atoms with Crippen molar-refractivity contribution in [3.05, 3.63) is 18.0 Å². The zero-order valence-electron chi connectivity index (χ0n) is 14.3. The van der Waals surface area contributed by atoms with Crippen molar-refractivity contribution < 1.29 is 4.74 Å². The second-order valence-corrected chi connectivity index (χ2v) is 5.52. The fraction of sp³-hybridized carbons (Fsp3) is 0.733. The van der Waals surface area contributed by atoms with Crippen LogP contribution < -0.4 is 10.6 Å². The highest BCUT2D eigenvalue weighted by Crippen LogP contribution is 2.02. The lowest BCUT2D eigenvalue weighted by molar-refractivity contribution is 0.0211. The van der Waals surface area contributed by atoms with E-state index in [1.54, 1.807) is 6.20 Å². The Hall–Kier alpha value is -0.870. The molecule has 0 radical (unpaired) electrons. The smallest absolute Gasteiger partial charge is 0.191 e. The fourth-order valence-electron chi connectivity index (χ4n) is 2.45. The van der Waals surface area contributed by atoms with Gasteiger partial charge in [0.05, 0.1) is 25.5 Å². The number of aliphatic imine (C=N–C) groups is 1. The number of hydrogen-bond donors (Lipinski definition) is 2. The van der Waals surface area contributed by atoms with Crippen LogP contribution in [0.4, 0.5) is 0 Å². The van der Waals surface area contributed by atoms with Crippen LogP contribution in [0.5, 0.6) is 0 Å². The number of nitrogens with one attached hydrogen (secondary N) is 2. The first-order valence-electron chi connectivity index (χ1n) is 8.01. The van der Waals surface area contributed by atoms with E-state index in [1.165, 1.54) is 0 Å². The minimum absolute atomic E-state index is 0. The molecule has 8 heteroatoms. The summed E-state index contributed by atoms with van der Waals surface area (Å²) in [5.41, 5.74) is 1.10. The summed E-state index contributed by atoms with van der Waals surface area (Å²) >= 11 is 0. The number of morpholine rings is 1. The molecule has 1 unspecified atom stereocenters. The first kappa shape index (κ1) is 20.2. The van der Waals surface area contributed by atoms with E-state index in [4.69, 9.17) is 4.74 Å². The van der Waals surface area contributed by atoms with Crippen molar-refractivity contribution in [3.8, 4) is 0 Å². The minimum atomic E-state index is 0. The molecular weight excluding hydrogens is 407 g/mol. The predicted octanol–water partition coefficient (Wildman–Crippen LogP) is 0.814. The van der Waals surface area contributed by atoms with Crippen molar-refractivity contribution in [1.29, 1.82) is 0 Å². The fourth-order valence-corrected chi connectivity index (χ4v) is 2.45. The Morgan fingerprint density at radius 2 is 2.13 bits per heavy atom. The first-order valence-corrected chi connectivity index (χ1v) is 8.01. The molecular formula is C15H29IN6O. The Morgan fingerprint density at radius 1 is 1.39 bits per heavy atom. The monoisotopic (exact) mass is 436 g/mol. The van der Waals surface area contributed by atoms with Gasteiger partial charge in [-0.05, 0) is 19.9 Å². The summed E-state index contributed by atoms with van der Waals surface area (Å²) in [7, 11) is 1.94. The Labute approximate surface area is 155 Å². The van der Waals surface area contributed by atoms with Gasteiger partial charge in [-0.15, -0.1) is 24.0 Å². The summed E-state index contributed by atoms with van der Waals surface area (Å²) in [4.78, 5) is 7.07. The maximum atomic E-state index is 5.40. The number of rotatable bonds is 6. The molecule has 1 aromatic heterocycles. The van der Waals surface area contributed by atoms with Crippen molar-refractivity contribution in [2.45, 2.75) is 26.4 Å². The molecule has 0 bridgehead atoms. The molecule has 132 valence electrons. The summed E-state index contributed by atoms with van der Waals surface area (Å²) < 4.78 is 7.25. The van der Waals surface area contributed by atoms with Gasteiger partial charge >= 0.3 is 0 Å². The molecule has 0 saturated carbocycles. The van der Waals surface area contributed by atoms with Crippen LogP contribution in [0.3, 0.4) is 0 Å². The van der Waals surface area contributed by atoms with E-state index in [2.05, 4.69) is 39.5 Å². The molecule has 1 saturated heterocycles. The summed E-state index contributed by atoms with van der Waals surface area (Å²) in [5.74, 6) is 0.851. The lowest BCUT2D eigenvalue weighted by Gasteiger charge is -2.32. The van der Waals surface area contributed by atoms with Crippen LogP contribution in [0, 0.1) is 0 Å². The van der Waals surface area contributed by atoms with Crippen LogP contribution >= 0.6 is 24.0 Å². The average Bonchev–Trinajstić information content (AvgIpc) is 2.96. The molecule has 23 heavy (non-hydrogen) atoms. The molecule has 1 atom stereocenters. The number of nitrogens with zero attached hydrogens (tertiary/aromatic N) is 4. The van der Waals surface area contributed by atoms with Crippen LogP contribution in [0.1, 0.15) is 19.5 Å². The molecule has 0 spiro atoms. The third kappa shape index (κ3) is 6.64. The Morgan fingerprint density at radius 3 is 2.74 bits per heavy atom. The first-order chi connectivity index (χ1) is 10.7. The SMILES string of the molecule is CCNC(=NCc1ccnn1C)NCC(C)N1CCOCC1.I. The molecule has 7 nitrogen and oxygen atoms in total. The van der Waals surface area contributed by atoms with E-state index in [0.29, 0.717) is 12.6 Å². The quantitative estimate of drug-likeness (QED) is 0.393. The Bertz CT molecular complexity index is 472. The summed E-state index contributed by atoms with van der Waals surface area (Å²) in [5, 5.41) is 10.9. The van der Waals surface area contributed by atoms with Gasteiger partial charge < -0.3 is 15.4 Å². The molecule has 2 rings (SSSR count). The molecule has 0 aromatic carbocycles. The number of halogens is 1. The van der Waals surface area contributed by atoms with Crippen molar-refractivity contribution in [1.82, 2.24) is 25.3 Å². The summed E-state index contributed by atoms with van der Waals surface area (Å²) in [6.07, 6.45) is 1.80. The maximum absolute atomic E-state index is 5.40. The molecule has 0 amide bonds. The largest absolute Gasteiger partial charge is 0.379 e. The van der Waals surface area contributed by atoms with Crippen LogP contribution in [0.2, 0.25) is 0 Å². The molecule has 1 aliphatic rings. The van der Waals surface area contributed by atoms with Gasteiger partial charge in [0.2, 0.25) is 0 Å². The minimum Gasteiger partial charge on any atom is -0.379 e. The molecule has 1 fully saturated rings. The summed E-state index contributed by atoms with van der Waals surface area (Å²) in [6.45, 7) is 10.3. The van der Waals surface area contributed by atoms with Crippen LogP contribution in [-0.2, 0) is 18.3 Å². The standard InChI is InChI=1S/C15H28N6O.HI/c1-4-16-15(18-12-14-5-6-19-20(14)3)17-11-13(2)21-7-9-22-10-8-21;/h5-6,13H,4,7-12H2,1-3H3,(H2,16,17,18);1H. The van der Waals surface area contributed by atoms with E-state index in [-0.39, 0.29) is 24.0 Å². The third-order valence-corrected chi connectivity index (χ3v) is 3.90. The molecule has 2 N–H and O–H groups in total. The normalized spacial score (nSPS) is 17.4. The van der Waals surface area contributed by atoms with Gasteiger partial charge in [-0.25, -0.2) is 4.99 Å². The van der Waals surface area contributed by atoms with E-state index in [9.17, 15) is 0 Å². The van der Waals surface area contributed by atoms with Crippen molar-refractivity contribution in [2.24, 2.45) is 12.0 Å². The average molecular weight is 436 g/mol. The van der Waals surface area contributed by atoms with Crippen LogP contribution in [0.25, 0.3) is 0 Å². The van der Waals surface area contributed by atoms with E-state index in [1.807, 2.05) is 17.8 Å². The number of aryl methyl sites for hydroxylation is 1. The zero-order valence-corrected chi connectivity index (χ0v) is 16.6. The van der Waals surface area contributed by atoms with Crippen LogP contribution in [-0.4, -0.2) is 66.1 Å². The lowest BCUT2D eigenvalue weighted by Crippen LogP contribution is -2.49. The van der Waals surface area contributed by atoms with Crippen molar-refractivity contribution in [2.75, 3.05) is 39.4 Å².